The van der Waals surface area contributed by atoms with Crippen LogP contribution < -0.4 is 14.2 Å². The molecule has 0 saturated heterocycles. The summed E-state index contributed by atoms with van der Waals surface area (Å²) in [6, 6.07) is 2.54. The number of hydrogen-bond donors (Lipinski definition) is 1. The minimum Gasteiger partial charge on any atom is -0.493 e. The fraction of sp³-hybridized carbons (Fsp3) is 0.375. The number of oxazole rings is 1. The van der Waals surface area contributed by atoms with E-state index >= 15 is 0 Å². The number of nitrogens with one attached hydrogen (secondary N) is 1. The van der Waals surface area contributed by atoms with Gasteiger partial charge < -0.3 is 18.6 Å². The first kappa shape index (κ1) is 19.6. The van der Waals surface area contributed by atoms with Crippen LogP contribution in [0.15, 0.2) is 21.4 Å². The normalized spacial score (nSPS) is 11.1. The van der Waals surface area contributed by atoms with Crippen LogP contribution in [0.2, 0.25) is 0 Å². The fourth-order valence-corrected chi connectivity index (χ4v) is 3.42. The van der Waals surface area contributed by atoms with Gasteiger partial charge in [0.15, 0.2) is 11.5 Å². The smallest absolute Gasteiger partial charge is 0.376 e. The summed E-state index contributed by atoms with van der Waals surface area (Å²) in [7, 11) is -1.18. The molecule has 0 aliphatic heterocycles. The molecule has 1 N–H and O–H groups in total. The molecular formula is C16H20N2O7S. The van der Waals surface area contributed by atoms with Crippen molar-refractivity contribution >= 4 is 22.0 Å². The van der Waals surface area contributed by atoms with Gasteiger partial charge >= 0.3 is 12.0 Å². The quantitative estimate of drug-likeness (QED) is 0.723. The molecular weight excluding hydrogens is 364 g/mol. The number of esters is 1. The lowest BCUT2D eigenvalue weighted by atomic mass is 10.2. The highest BCUT2D eigenvalue weighted by atomic mass is 32.2. The van der Waals surface area contributed by atoms with Crippen molar-refractivity contribution in [1.82, 2.24) is 4.98 Å². The molecule has 1 heterocycles. The van der Waals surface area contributed by atoms with E-state index in [0.29, 0.717) is 11.3 Å². The third-order valence-corrected chi connectivity index (χ3v) is 4.91. The lowest BCUT2D eigenvalue weighted by molar-refractivity contribution is 0.0490. The molecule has 2 rings (SSSR count). The molecule has 0 unspecified atom stereocenters. The summed E-state index contributed by atoms with van der Waals surface area (Å²) in [5.41, 5.74) is 0.647. The Morgan fingerprint density at radius 1 is 1.19 bits per heavy atom. The van der Waals surface area contributed by atoms with Gasteiger partial charge in [0.2, 0.25) is 5.76 Å². The van der Waals surface area contributed by atoms with Crippen molar-refractivity contribution in [3.63, 3.8) is 0 Å². The number of anilines is 1. The average molecular weight is 384 g/mol. The first-order valence-corrected chi connectivity index (χ1v) is 9.11. The summed E-state index contributed by atoms with van der Waals surface area (Å²) >= 11 is 0. The summed E-state index contributed by atoms with van der Waals surface area (Å²) in [6.45, 7) is 4.93. The van der Waals surface area contributed by atoms with Gasteiger partial charge in [-0.1, -0.05) is 0 Å². The maximum Gasteiger partial charge on any atom is 0.376 e. The molecule has 9 nitrogen and oxygen atoms in total. The summed E-state index contributed by atoms with van der Waals surface area (Å²) in [5, 5.41) is 0. The Kier molecular flexibility index (Phi) is 5.76. The topological polar surface area (TPSA) is 117 Å². The Balaban J connectivity index is 2.38. The predicted molar refractivity (Wildman–Crippen MR) is 92.3 cm³/mol. The number of benzene rings is 1. The van der Waals surface area contributed by atoms with Gasteiger partial charge in [-0.25, -0.2) is 17.9 Å². The zero-order valence-corrected chi connectivity index (χ0v) is 15.9. The van der Waals surface area contributed by atoms with E-state index in [4.69, 9.17) is 18.6 Å². The molecule has 0 aliphatic rings. The van der Waals surface area contributed by atoms with Crippen molar-refractivity contribution < 1.29 is 31.8 Å². The van der Waals surface area contributed by atoms with Gasteiger partial charge in [-0.3, -0.25) is 0 Å². The number of nitrogens with zero attached hydrogens (tertiary/aromatic N) is 1. The second-order valence-electron chi connectivity index (χ2n) is 5.23. The number of carbonyl (C=O) groups is 1. The standard InChI is InChI=1S/C16H20N2O7S/c1-6-24-15(19)14-10(3)17-16(25-14)18-26(20,21)13-8-12(23-5)11(22-4)7-9(13)2/h7-8H,6H2,1-5H3,(H,17,18). The molecule has 0 atom stereocenters. The van der Waals surface area contributed by atoms with Crippen LogP contribution in [0.5, 0.6) is 11.5 Å². The SMILES string of the molecule is CCOC(=O)c1oc(NS(=O)(=O)c2cc(OC)c(OC)cc2C)nc1C. The molecule has 0 radical (unpaired) electrons. The third kappa shape index (κ3) is 3.90. The molecule has 0 spiro atoms. The van der Waals surface area contributed by atoms with E-state index in [9.17, 15) is 13.2 Å². The van der Waals surface area contributed by atoms with Crippen LogP contribution in [-0.4, -0.2) is 40.2 Å². The molecule has 0 saturated carbocycles. The van der Waals surface area contributed by atoms with E-state index in [1.807, 2.05) is 0 Å². The minimum atomic E-state index is -4.04. The van der Waals surface area contributed by atoms with Crippen molar-refractivity contribution in [3.8, 4) is 11.5 Å². The van der Waals surface area contributed by atoms with E-state index in [1.165, 1.54) is 33.3 Å². The van der Waals surface area contributed by atoms with Crippen LogP contribution in [0.3, 0.4) is 0 Å². The number of hydrogen-bond acceptors (Lipinski definition) is 8. The Morgan fingerprint density at radius 2 is 1.81 bits per heavy atom. The maximum absolute atomic E-state index is 12.7. The van der Waals surface area contributed by atoms with E-state index in [1.54, 1.807) is 13.8 Å². The summed E-state index contributed by atoms with van der Waals surface area (Å²) in [5.74, 6) is -0.214. The summed E-state index contributed by atoms with van der Waals surface area (Å²) < 4.78 is 47.9. The first-order valence-electron chi connectivity index (χ1n) is 7.63. The molecule has 0 fully saturated rings. The second-order valence-corrected chi connectivity index (χ2v) is 6.88. The van der Waals surface area contributed by atoms with Crippen molar-refractivity contribution in [2.24, 2.45) is 0 Å². The minimum absolute atomic E-state index is 0.0383. The number of aryl methyl sites for hydroxylation is 2. The van der Waals surface area contributed by atoms with Crippen LogP contribution in [0, 0.1) is 13.8 Å². The van der Waals surface area contributed by atoms with Gasteiger partial charge in [-0.05, 0) is 32.4 Å². The number of sulfonamides is 1. The van der Waals surface area contributed by atoms with E-state index in [-0.39, 0.29) is 34.7 Å². The second kappa shape index (κ2) is 7.65. The number of methoxy groups -OCH3 is 2. The van der Waals surface area contributed by atoms with Gasteiger partial charge in [0, 0.05) is 6.07 Å². The summed E-state index contributed by atoms with van der Waals surface area (Å²) in [4.78, 5) is 15.6. The molecule has 2 aromatic rings. The highest BCUT2D eigenvalue weighted by molar-refractivity contribution is 7.92. The van der Waals surface area contributed by atoms with E-state index in [2.05, 4.69) is 9.71 Å². The Morgan fingerprint density at radius 3 is 2.38 bits per heavy atom. The largest absolute Gasteiger partial charge is 0.493 e. The molecule has 0 aliphatic carbocycles. The number of ether oxygens (including phenoxy) is 3. The van der Waals surface area contributed by atoms with Gasteiger partial charge in [0.25, 0.3) is 10.0 Å². The summed E-state index contributed by atoms with van der Waals surface area (Å²) in [6.07, 6.45) is 0. The lowest BCUT2D eigenvalue weighted by Gasteiger charge is -2.13. The number of carbonyl (C=O) groups excluding carboxylic acids is 1. The maximum atomic E-state index is 12.7. The lowest BCUT2D eigenvalue weighted by Crippen LogP contribution is -2.15. The van der Waals surface area contributed by atoms with Gasteiger partial charge in [0.1, 0.15) is 0 Å². The van der Waals surface area contributed by atoms with Gasteiger partial charge in [-0.2, -0.15) is 4.98 Å². The Labute approximate surface area is 151 Å². The third-order valence-electron chi connectivity index (χ3n) is 3.45. The number of rotatable bonds is 7. The van der Waals surface area contributed by atoms with Crippen LogP contribution in [0.4, 0.5) is 6.01 Å². The van der Waals surface area contributed by atoms with Crippen molar-refractivity contribution in [3.05, 3.63) is 29.2 Å². The Hall–Kier alpha value is -2.75. The zero-order chi connectivity index (χ0) is 19.5. The van der Waals surface area contributed by atoms with Crippen LogP contribution in [0.25, 0.3) is 0 Å². The Bertz CT molecular complexity index is 919. The fourth-order valence-electron chi connectivity index (χ4n) is 2.25. The molecule has 1 aromatic heterocycles. The molecule has 0 bridgehead atoms. The first-order chi connectivity index (χ1) is 12.2. The van der Waals surface area contributed by atoms with Crippen LogP contribution in [0.1, 0.15) is 28.7 Å². The average Bonchev–Trinajstić information content (AvgIpc) is 2.94. The number of aromatic nitrogens is 1. The molecule has 142 valence electrons. The van der Waals surface area contributed by atoms with Crippen LogP contribution >= 0.6 is 0 Å². The highest BCUT2D eigenvalue weighted by Crippen LogP contribution is 2.33. The highest BCUT2D eigenvalue weighted by Gasteiger charge is 2.25. The zero-order valence-electron chi connectivity index (χ0n) is 15.1. The van der Waals surface area contributed by atoms with E-state index < -0.39 is 16.0 Å². The molecule has 0 amide bonds. The van der Waals surface area contributed by atoms with Crippen LogP contribution in [-0.2, 0) is 14.8 Å². The predicted octanol–water partition coefficient (Wildman–Crippen LogP) is 2.29. The van der Waals surface area contributed by atoms with Crippen molar-refractivity contribution in [2.45, 2.75) is 25.7 Å². The molecule has 10 heteroatoms. The van der Waals surface area contributed by atoms with Gasteiger partial charge in [-0.15, -0.1) is 0 Å². The molecule has 26 heavy (non-hydrogen) atoms. The van der Waals surface area contributed by atoms with Crippen molar-refractivity contribution in [1.29, 1.82) is 0 Å². The van der Waals surface area contributed by atoms with E-state index in [0.717, 1.165) is 0 Å². The molecule has 1 aromatic carbocycles. The van der Waals surface area contributed by atoms with Crippen molar-refractivity contribution in [2.75, 3.05) is 25.5 Å². The monoisotopic (exact) mass is 384 g/mol. The van der Waals surface area contributed by atoms with Gasteiger partial charge in [0.05, 0.1) is 31.4 Å².